The van der Waals surface area contributed by atoms with E-state index in [2.05, 4.69) is 10.3 Å². The van der Waals surface area contributed by atoms with Crippen molar-refractivity contribution in [2.75, 3.05) is 5.32 Å². The number of aromatic nitrogens is 2. The lowest BCUT2D eigenvalue weighted by molar-refractivity contribution is 0.102. The number of fused-ring (bicyclic) bond motifs is 1. The van der Waals surface area contributed by atoms with Crippen LogP contribution in [0.1, 0.15) is 21.5 Å². The molecule has 0 aliphatic carbocycles. The van der Waals surface area contributed by atoms with E-state index in [9.17, 15) is 23.2 Å². The molecule has 0 radical (unpaired) electrons. The average molecular weight is 432 g/mol. The summed E-state index contributed by atoms with van der Waals surface area (Å²) in [7, 11) is 0. The molecule has 7 nitrogen and oxygen atoms in total. The number of halogens is 2. The summed E-state index contributed by atoms with van der Waals surface area (Å²) in [5, 5.41) is 11.5. The number of anilines is 1. The summed E-state index contributed by atoms with van der Waals surface area (Å²) in [4.78, 5) is 40.0. The van der Waals surface area contributed by atoms with Crippen LogP contribution in [0, 0.1) is 23.0 Å². The van der Waals surface area contributed by atoms with Gasteiger partial charge < -0.3 is 14.9 Å². The van der Waals surface area contributed by atoms with Gasteiger partial charge in [0.15, 0.2) is 0 Å². The fourth-order valence-electron chi connectivity index (χ4n) is 3.31. The maximum absolute atomic E-state index is 14.2. The van der Waals surface area contributed by atoms with E-state index < -0.39 is 28.5 Å². The number of H-pyrrole nitrogens is 1. The Labute approximate surface area is 179 Å². The van der Waals surface area contributed by atoms with E-state index in [1.54, 1.807) is 12.1 Å². The first kappa shape index (κ1) is 20.7. The molecule has 32 heavy (non-hydrogen) atoms. The summed E-state index contributed by atoms with van der Waals surface area (Å²) in [6.45, 7) is -0.328. The molecule has 0 saturated carbocycles. The number of carbonyl (C=O) groups excluding carboxylic acids is 1. The van der Waals surface area contributed by atoms with Gasteiger partial charge in [0.05, 0.1) is 23.7 Å². The quantitative estimate of drug-likeness (QED) is 0.517. The molecule has 0 unspecified atom stereocenters. The third-order valence-electron chi connectivity index (χ3n) is 4.85. The molecule has 2 heterocycles. The molecule has 0 atom stereocenters. The monoisotopic (exact) mass is 432 g/mol. The molecule has 4 aromatic rings. The van der Waals surface area contributed by atoms with E-state index in [1.165, 1.54) is 41.1 Å². The van der Waals surface area contributed by atoms with Gasteiger partial charge in [-0.05, 0) is 36.4 Å². The van der Waals surface area contributed by atoms with Crippen molar-refractivity contribution in [2.45, 2.75) is 6.54 Å². The predicted molar refractivity (Wildman–Crippen MR) is 113 cm³/mol. The van der Waals surface area contributed by atoms with Crippen LogP contribution < -0.4 is 16.3 Å². The molecule has 4 rings (SSSR count). The minimum Gasteiger partial charge on any atom is -0.341 e. The van der Waals surface area contributed by atoms with E-state index in [0.717, 1.165) is 12.1 Å². The predicted octanol–water partition coefficient (Wildman–Crippen LogP) is 3.14. The molecule has 2 aromatic carbocycles. The molecule has 158 valence electrons. The maximum Gasteiger partial charge on any atom is 0.261 e. The first-order valence-corrected chi connectivity index (χ1v) is 9.38. The fourth-order valence-corrected chi connectivity index (χ4v) is 3.31. The lowest BCUT2D eigenvalue weighted by Gasteiger charge is -2.14. The van der Waals surface area contributed by atoms with Gasteiger partial charge >= 0.3 is 0 Å². The smallest absolute Gasteiger partial charge is 0.261 e. The summed E-state index contributed by atoms with van der Waals surface area (Å²) in [5.41, 5.74) is -1.34. The van der Waals surface area contributed by atoms with Gasteiger partial charge in [0, 0.05) is 23.5 Å². The van der Waals surface area contributed by atoms with Crippen LogP contribution in [0.5, 0.6) is 0 Å². The van der Waals surface area contributed by atoms with Crippen LogP contribution in [0.25, 0.3) is 11.0 Å². The van der Waals surface area contributed by atoms with Crippen LogP contribution in [-0.2, 0) is 6.54 Å². The second kappa shape index (κ2) is 8.28. The van der Waals surface area contributed by atoms with Gasteiger partial charge in [0.1, 0.15) is 22.7 Å². The van der Waals surface area contributed by atoms with Crippen LogP contribution in [0.15, 0.2) is 70.4 Å². The van der Waals surface area contributed by atoms with Gasteiger partial charge in [-0.25, -0.2) is 8.78 Å². The summed E-state index contributed by atoms with van der Waals surface area (Å²) in [5.74, 6) is -2.39. The molecule has 0 bridgehead atoms. The molecule has 0 fully saturated rings. The van der Waals surface area contributed by atoms with Crippen molar-refractivity contribution in [2.24, 2.45) is 0 Å². The summed E-state index contributed by atoms with van der Waals surface area (Å²) < 4.78 is 29.8. The van der Waals surface area contributed by atoms with E-state index >= 15 is 0 Å². The number of nitrogens with zero attached hydrogens (tertiary/aromatic N) is 2. The molecule has 0 saturated heterocycles. The molecule has 2 N–H and O–H groups in total. The molecule has 1 amide bonds. The number of carbonyl (C=O) groups is 1. The summed E-state index contributed by atoms with van der Waals surface area (Å²) in [6.07, 6.45) is 1.18. The Balaban J connectivity index is 1.85. The minimum absolute atomic E-state index is 0.173. The molecule has 0 aliphatic heterocycles. The van der Waals surface area contributed by atoms with Crippen LogP contribution in [0.4, 0.5) is 14.5 Å². The highest BCUT2D eigenvalue weighted by Crippen LogP contribution is 2.18. The van der Waals surface area contributed by atoms with E-state index in [0.29, 0.717) is 5.56 Å². The number of aromatic amines is 1. The van der Waals surface area contributed by atoms with Gasteiger partial charge in [-0.15, -0.1) is 0 Å². The van der Waals surface area contributed by atoms with Crippen molar-refractivity contribution < 1.29 is 13.6 Å². The zero-order valence-corrected chi connectivity index (χ0v) is 16.4. The van der Waals surface area contributed by atoms with Gasteiger partial charge in [-0.2, -0.15) is 5.26 Å². The highest BCUT2D eigenvalue weighted by atomic mass is 19.1. The SMILES string of the molecule is N#Cc1cccc(NC(=O)c2cn(Cc3c(F)cccc3F)c3ccc(=O)[nH]c3c2=O)c1. The number of pyridine rings is 2. The highest BCUT2D eigenvalue weighted by Gasteiger charge is 2.18. The van der Waals surface area contributed by atoms with Crippen molar-refractivity contribution in [3.05, 3.63) is 110 Å². The summed E-state index contributed by atoms with van der Waals surface area (Å²) in [6, 6.07) is 13.9. The van der Waals surface area contributed by atoms with Crippen molar-refractivity contribution in [1.29, 1.82) is 5.26 Å². The Morgan fingerprint density at radius 2 is 1.78 bits per heavy atom. The zero-order chi connectivity index (χ0) is 22.8. The van der Waals surface area contributed by atoms with Crippen LogP contribution >= 0.6 is 0 Å². The Bertz CT molecular complexity index is 1510. The van der Waals surface area contributed by atoms with E-state index in [1.807, 2.05) is 6.07 Å². The number of hydrogen-bond acceptors (Lipinski definition) is 4. The molecular formula is C23H14F2N4O3. The number of nitrogens with one attached hydrogen (secondary N) is 2. The zero-order valence-electron chi connectivity index (χ0n) is 16.4. The molecule has 2 aromatic heterocycles. The van der Waals surface area contributed by atoms with Gasteiger partial charge in [-0.3, -0.25) is 14.4 Å². The lowest BCUT2D eigenvalue weighted by atomic mass is 10.1. The largest absolute Gasteiger partial charge is 0.341 e. The Hall–Kier alpha value is -4.58. The van der Waals surface area contributed by atoms with Gasteiger partial charge in [0.2, 0.25) is 11.0 Å². The van der Waals surface area contributed by atoms with Crippen molar-refractivity contribution >= 4 is 22.6 Å². The third-order valence-corrected chi connectivity index (χ3v) is 4.85. The van der Waals surface area contributed by atoms with Crippen LogP contribution in [0.2, 0.25) is 0 Å². The average Bonchev–Trinajstić information content (AvgIpc) is 2.78. The van der Waals surface area contributed by atoms with Crippen molar-refractivity contribution in [1.82, 2.24) is 9.55 Å². The number of hydrogen-bond donors (Lipinski definition) is 2. The third kappa shape index (κ3) is 3.89. The molecule has 9 heteroatoms. The van der Waals surface area contributed by atoms with Gasteiger partial charge in [0.25, 0.3) is 5.91 Å². The lowest BCUT2D eigenvalue weighted by Crippen LogP contribution is -2.26. The molecular weight excluding hydrogens is 418 g/mol. The Morgan fingerprint density at radius 1 is 1.06 bits per heavy atom. The Kier molecular flexibility index (Phi) is 5.35. The normalized spacial score (nSPS) is 10.7. The van der Waals surface area contributed by atoms with E-state index in [-0.39, 0.29) is 34.4 Å². The second-order valence-electron chi connectivity index (χ2n) is 6.93. The number of nitriles is 1. The topological polar surface area (TPSA) is 108 Å². The van der Waals surface area contributed by atoms with Gasteiger partial charge in [-0.1, -0.05) is 12.1 Å². The highest BCUT2D eigenvalue weighted by molar-refractivity contribution is 6.05. The van der Waals surface area contributed by atoms with Crippen molar-refractivity contribution in [3.63, 3.8) is 0 Å². The fraction of sp³-hybridized carbons (Fsp3) is 0.0435. The van der Waals surface area contributed by atoms with Crippen molar-refractivity contribution in [3.8, 4) is 6.07 Å². The standard InChI is InChI=1S/C23H14F2N4O3/c24-17-5-2-6-18(25)15(17)11-29-12-16(22(31)21-19(29)7-8-20(30)28-21)23(32)27-14-4-1-3-13(9-14)10-26/h1-9,12H,11H2,(H,27,32)(H,28,30). The molecule has 0 spiro atoms. The Morgan fingerprint density at radius 3 is 2.50 bits per heavy atom. The molecule has 0 aliphatic rings. The number of amides is 1. The number of benzene rings is 2. The first-order valence-electron chi connectivity index (χ1n) is 9.38. The number of rotatable bonds is 4. The van der Waals surface area contributed by atoms with Crippen LogP contribution in [-0.4, -0.2) is 15.5 Å². The van der Waals surface area contributed by atoms with E-state index in [4.69, 9.17) is 5.26 Å². The maximum atomic E-state index is 14.2. The van der Waals surface area contributed by atoms with Crippen LogP contribution in [0.3, 0.4) is 0 Å². The minimum atomic E-state index is -0.806. The summed E-state index contributed by atoms with van der Waals surface area (Å²) >= 11 is 0. The first-order chi connectivity index (χ1) is 15.4. The second-order valence-corrected chi connectivity index (χ2v) is 6.93.